The fourth-order valence-corrected chi connectivity index (χ4v) is 6.70. The van der Waals surface area contributed by atoms with E-state index in [-0.39, 0.29) is 60.3 Å². The van der Waals surface area contributed by atoms with Gasteiger partial charge in [0.2, 0.25) is 5.91 Å². The molecule has 0 radical (unpaired) electrons. The number of fused-ring (bicyclic) bond motifs is 1. The number of ether oxygens (including phenoxy) is 3. The number of imide groups is 1. The number of carbonyl (C=O) groups is 2. The molecule has 1 unspecified atom stereocenters. The number of benzene rings is 3. The maximum absolute atomic E-state index is 14.9. The first-order chi connectivity index (χ1) is 27.0. The number of anilines is 1. The normalized spacial score (nSPS) is 15.4. The fourth-order valence-electron chi connectivity index (χ4n) is 6.29. The van der Waals surface area contributed by atoms with Crippen LogP contribution in [0.25, 0.3) is 10.8 Å². The molecule has 12 nitrogen and oxygen atoms in total. The van der Waals surface area contributed by atoms with Gasteiger partial charge in [-0.3, -0.25) is 19.3 Å². The average molecular weight is 824 g/mol. The third-order valence-electron chi connectivity index (χ3n) is 9.54. The van der Waals surface area contributed by atoms with E-state index in [0.29, 0.717) is 26.8 Å². The van der Waals surface area contributed by atoms with Gasteiger partial charge in [-0.2, -0.15) is 5.10 Å². The Morgan fingerprint density at radius 3 is 2.39 bits per heavy atom. The van der Waals surface area contributed by atoms with E-state index >= 15 is 0 Å². The molecular weight excluding hydrogens is 780 g/mol. The Labute approximate surface area is 339 Å². The number of carbonyl (C=O) groups excluding carboxylic acids is 2. The van der Waals surface area contributed by atoms with Gasteiger partial charge in [0.15, 0.2) is 5.75 Å². The van der Waals surface area contributed by atoms with Gasteiger partial charge in [0.1, 0.15) is 30.9 Å². The van der Waals surface area contributed by atoms with Crippen molar-refractivity contribution in [1.82, 2.24) is 14.7 Å². The van der Waals surface area contributed by atoms with E-state index in [2.05, 4.69) is 29.3 Å². The molecule has 1 aliphatic rings. The number of nitrogens with zero attached hydrogens (tertiary/aromatic N) is 4. The van der Waals surface area contributed by atoms with Crippen molar-refractivity contribution in [3.63, 3.8) is 0 Å². The van der Waals surface area contributed by atoms with Gasteiger partial charge < -0.3 is 25.1 Å². The second-order valence-corrected chi connectivity index (χ2v) is 14.8. The maximum Gasteiger partial charge on any atom is 0.275 e. The molecule has 57 heavy (non-hydrogen) atoms. The number of aliphatic hydroxyl groups is 1. The molecule has 1 atom stereocenters. The lowest BCUT2D eigenvalue weighted by atomic mass is 9.78. The lowest BCUT2D eigenvalue weighted by Gasteiger charge is -2.29. The average Bonchev–Trinajstić information content (AvgIpc) is 3.15. The van der Waals surface area contributed by atoms with E-state index in [0.717, 1.165) is 15.8 Å². The van der Waals surface area contributed by atoms with E-state index in [1.165, 1.54) is 24.4 Å². The van der Waals surface area contributed by atoms with Crippen molar-refractivity contribution >= 4 is 58.2 Å². The number of rotatable bonds is 17. The van der Waals surface area contributed by atoms with E-state index in [9.17, 15) is 28.3 Å². The standard InChI is InChI=1S/C41H44ClF2N5O7S/c1-5-6-29(47-25(2)57)23-56-30-9-7-27(8-10-30)40(3,4)28-20-33(42)37(34(45)21-28)55-18-16-41(43,44)15-17-54-31-11-12-32-26(19-31)22-46-49(38(32)52)35-13-14-36(51)48(24-50)39(35)53/h5-12,19-22,35,50,57H,2,13-18,23-24,45H2,1,3-4H3/b6-5-,47-29+. The van der Waals surface area contributed by atoms with Gasteiger partial charge in [0.25, 0.3) is 17.4 Å². The Hall–Kier alpha value is -5.25. The number of nitrogens with two attached hydrogens (primary N) is 1. The van der Waals surface area contributed by atoms with E-state index in [4.69, 9.17) is 31.5 Å². The Morgan fingerprint density at radius 2 is 1.74 bits per heavy atom. The number of likely N-dealkylation sites (tertiary alicyclic amines) is 1. The number of allylic oxidation sites excluding steroid dienone is 1. The van der Waals surface area contributed by atoms with Gasteiger partial charge in [-0.1, -0.05) is 50.2 Å². The second kappa shape index (κ2) is 18.3. The quantitative estimate of drug-likeness (QED) is 0.0431. The monoisotopic (exact) mass is 823 g/mol. The number of hydrogen-bond donors (Lipinski definition) is 3. The van der Waals surface area contributed by atoms with Crippen molar-refractivity contribution in [1.29, 1.82) is 0 Å². The highest BCUT2D eigenvalue weighted by Gasteiger charge is 2.36. The van der Waals surface area contributed by atoms with Crippen molar-refractivity contribution in [2.75, 3.05) is 32.3 Å². The van der Waals surface area contributed by atoms with Crippen LogP contribution in [0.3, 0.4) is 0 Å². The molecule has 16 heteroatoms. The number of nitrogen functional groups attached to an aromatic ring is 1. The molecule has 0 bridgehead atoms. The minimum Gasteiger partial charge on any atom is -0.493 e. The summed E-state index contributed by atoms with van der Waals surface area (Å²) < 4.78 is 47.9. The molecule has 0 spiro atoms. The molecular formula is C41H44ClF2N5O7S. The number of alkyl halides is 2. The molecule has 5 rings (SSSR count). The molecule has 1 aliphatic heterocycles. The van der Waals surface area contributed by atoms with Crippen LogP contribution in [0.15, 0.2) is 94.3 Å². The van der Waals surface area contributed by atoms with Crippen LogP contribution in [0.5, 0.6) is 17.2 Å². The lowest BCUT2D eigenvalue weighted by Crippen LogP contribution is -2.48. The maximum atomic E-state index is 14.9. The second-order valence-electron chi connectivity index (χ2n) is 13.9. The van der Waals surface area contributed by atoms with Gasteiger partial charge in [0, 0.05) is 30.1 Å². The smallest absolute Gasteiger partial charge is 0.275 e. The molecule has 2 amide bonds. The van der Waals surface area contributed by atoms with Crippen LogP contribution in [0.1, 0.15) is 63.6 Å². The minimum absolute atomic E-state index is 0.0282. The van der Waals surface area contributed by atoms with Crippen LogP contribution in [0, 0.1) is 0 Å². The predicted molar refractivity (Wildman–Crippen MR) is 219 cm³/mol. The van der Waals surface area contributed by atoms with Crippen LogP contribution in [-0.2, 0) is 15.0 Å². The van der Waals surface area contributed by atoms with Gasteiger partial charge in [-0.15, -0.1) is 12.6 Å². The van der Waals surface area contributed by atoms with E-state index < -0.39 is 54.3 Å². The molecule has 3 N–H and O–H groups in total. The number of piperidine rings is 1. The zero-order valence-electron chi connectivity index (χ0n) is 31.7. The van der Waals surface area contributed by atoms with Crippen molar-refractivity contribution in [3.8, 4) is 17.2 Å². The highest BCUT2D eigenvalue weighted by Crippen LogP contribution is 2.40. The third kappa shape index (κ3) is 10.4. The van der Waals surface area contributed by atoms with Crippen molar-refractivity contribution in [2.45, 2.75) is 63.8 Å². The van der Waals surface area contributed by atoms with Gasteiger partial charge in [-0.25, -0.2) is 18.5 Å². The number of hydrogen-bond acceptors (Lipinski definition) is 11. The molecule has 2 heterocycles. The number of aromatic nitrogens is 2. The highest BCUT2D eigenvalue weighted by atomic mass is 35.5. The third-order valence-corrected chi connectivity index (χ3v) is 9.92. The van der Waals surface area contributed by atoms with Crippen LogP contribution < -0.4 is 25.5 Å². The first-order valence-corrected chi connectivity index (χ1v) is 18.9. The number of halogens is 3. The molecule has 1 aromatic heterocycles. The molecule has 0 saturated carbocycles. The molecule has 302 valence electrons. The summed E-state index contributed by atoms with van der Waals surface area (Å²) in [5.74, 6) is -3.39. The first-order valence-electron chi connectivity index (χ1n) is 18.1. The van der Waals surface area contributed by atoms with Crippen LogP contribution >= 0.6 is 24.2 Å². The van der Waals surface area contributed by atoms with Crippen LogP contribution in [-0.4, -0.2) is 69.8 Å². The van der Waals surface area contributed by atoms with Crippen molar-refractivity contribution < 1.29 is 37.7 Å². The molecule has 1 fully saturated rings. The summed E-state index contributed by atoms with van der Waals surface area (Å²) in [7, 11) is 0. The van der Waals surface area contributed by atoms with Crippen LogP contribution in [0.4, 0.5) is 14.5 Å². The Balaban J connectivity index is 1.14. The minimum atomic E-state index is -3.15. The van der Waals surface area contributed by atoms with Gasteiger partial charge in [-0.05, 0) is 73.0 Å². The molecule has 0 aliphatic carbocycles. The van der Waals surface area contributed by atoms with Gasteiger partial charge >= 0.3 is 0 Å². The molecule has 4 aromatic rings. The summed E-state index contributed by atoms with van der Waals surface area (Å²) in [5, 5.41) is 14.7. The predicted octanol–water partition coefficient (Wildman–Crippen LogP) is 7.27. The Bertz CT molecular complexity index is 2240. The van der Waals surface area contributed by atoms with Gasteiger partial charge in [0.05, 0.1) is 46.2 Å². The van der Waals surface area contributed by atoms with E-state index in [1.54, 1.807) is 12.1 Å². The first kappa shape index (κ1) is 42.9. The van der Waals surface area contributed by atoms with Crippen molar-refractivity contribution in [2.24, 2.45) is 4.99 Å². The summed E-state index contributed by atoms with van der Waals surface area (Å²) in [6.45, 7) is 8.35. The zero-order chi connectivity index (χ0) is 41.5. The lowest BCUT2D eigenvalue weighted by molar-refractivity contribution is -0.155. The van der Waals surface area contributed by atoms with Crippen LogP contribution in [0.2, 0.25) is 5.02 Å². The summed E-state index contributed by atoms with van der Waals surface area (Å²) in [6.07, 6.45) is 3.82. The summed E-state index contributed by atoms with van der Waals surface area (Å²) in [4.78, 5) is 42.7. The topological polar surface area (TPSA) is 159 Å². The number of amides is 2. The Kier molecular flexibility index (Phi) is 13.8. The Morgan fingerprint density at radius 1 is 1.05 bits per heavy atom. The summed E-state index contributed by atoms with van der Waals surface area (Å²) in [5.41, 5.74) is 7.86. The fraction of sp³-hybridized carbons (Fsp3) is 0.341. The highest BCUT2D eigenvalue weighted by molar-refractivity contribution is 7.84. The SMILES string of the molecule is C=C(S)/N=C(\C=C/C)COc1ccc(C(C)(C)c2cc(N)c(OCCC(F)(F)CCOc3ccc4c(=O)n(C5CCC(=O)N(CO)C5=O)ncc4c3)c(Cl)c2)cc1. The molecule has 1 saturated heterocycles. The summed E-state index contributed by atoms with van der Waals surface area (Å²) >= 11 is 10.7. The number of thiol groups is 1. The largest absolute Gasteiger partial charge is 0.493 e. The summed E-state index contributed by atoms with van der Waals surface area (Å²) in [6, 6.07) is 14.4. The van der Waals surface area contributed by atoms with E-state index in [1.807, 2.05) is 57.2 Å². The molecule has 3 aromatic carbocycles. The number of aliphatic hydroxyl groups excluding tert-OH is 1. The zero-order valence-corrected chi connectivity index (χ0v) is 33.4. The number of aliphatic imine (C=N–C) groups is 1. The van der Waals surface area contributed by atoms with Crippen molar-refractivity contribution in [3.05, 3.63) is 111 Å².